The largest absolute Gasteiger partial charge is 0.464 e. The van der Waals surface area contributed by atoms with E-state index in [2.05, 4.69) is 0 Å². The maximum absolute atomic E-state index is 12.6. The molecule has 9 nitrogen and oxygen atoms in total. The Morgan fingerprint density at radius 3 is 2.28 bits per heavy atom. The smallest absolute Gasteiger partial charge is 0.302 e. The van der Waals surface area contributed by atoms with Gasteiger partial charge in [0.25, 0.3) is 11.8 Å². The van der Waals surface area contributed by atoms with E-state index in [1.54, 1.807) is 4.90 Å². The Morgan fingerprint density at radius 1 is 1.10 bits per heavy atom. The topological polar surface area (TPSA) is 104 Å². The molecule has 1 fully saturated rings. The second kappa shape index (κ2) is 9.30. The molecule has 160 valence electrons. The molecule has 1 saturated heterocycles. The number of esters is 1. The van der Waals surface area contributed by atoms with Crippen molar-refractivity contribution in [3.05, 3.63) is 12.2 Å². The highest BCUT2D eigenvalue weighted by Gasteiger charge is 2.34. The Morgan fingerprint density at radius 2 is 1.72 bits per heavy atom. The average molecular weight is 407 g/mol. The van der Waals surface area contributed by atoms with Gasteiger partial charge in [-0.25, -0.2) is 0 Å². The van der Waals surface area contributed by atoms with Gasteiger partial charge in [-0.05, 0) is 0 Å². The molecule has 0 N–H and O–H groups in total. The third-order valence-corrected chi connectivity index (χ3v) is 5.07. The minimum absolute atomic E-state index is 0.0281. The number of ketones is 1. The molecular weight excluding hydrogens is 378 g/mol. The van der Waals surface area contributed by atoms with E-state index in [0.717, 1.165) is 4.90 Å². The summed E-state index contributed by atoms with van der Waals surface area (Å²) in [6.07, 6.45) is 2.40. The summed E-state index contributed by atoms with van der Waals surface area (Å²) in [4.78, 5) is 64.1. The van der Waals surface area contributed by atoms with E-state index in [4.69, 9.17) is 4.74 Å². The normalized spacial score (nSPS) is 20.3. The number of nitrogens with zero attached hydrogens (tertiary/aromatic N) is 3. The molecule has 0 radical (unpaired) electrons. The van der Waals surface area contributed by atoms with Crippen LogP contribution in [0.15, 0.2) is 12.2 Å². The zero-order valence-corrected chi connectivity index (χ0v) is 17.5. The monoisotopic (exact) mass is 407 g/mol. The molecule has 2 rings (SSSR count). The molecule has 0 aromatic carbocycles. The first-order valence-electron chi connectivity index (χ1n) is 9.71. The highest BCUT2D eigenvalue weighted by atomic mass is 16.5. The predicted molar refractivity (Wildman–Crippen MR) is 104 cm³/mol. The van der Waals surface area contributed by atoms with Gasteiger partial charge in [-0.15, -0.1) is 0 Å². The fourth-order valence-corrected chi connectivity index (χ4v) is 3.14. The standard InChI is InChI=1S/C20H29N3O6/c1-14(24)29-13-15-11-22(10-9-21(15)12-16(25)20(2,3)4)17(26)7-8-23-18(27)5-6-19(23)28/h5-6,15H,7-13H2,1-4H3. The average Bonchev–Trinajstić information content (AvgIpc) is 2.95. The minimum Gasteiger partial charge on any atom is -0.464 e. The van der Waals surface area contributed by atoms with Gasteiger partial charge in [-0.2, -0.15) is 0 Å². The van der Waals surface area contributed by atoms with Gasteiger partial charge >= 0.3 is 5.97 Å². The number of ether oxygens (including phenoxy) is 1. The number of piperazine rings is 1. The number of carbonyl (C=O) groups is 5. The fraction of sp³-hybridized carbons (Fsp3) is 0.650. The Kier molecular flexibility index (Phi) is 7.29. The molecule has 0 bridgehead atoms. The lowest BCUT2D eigenvalue weighted by Gasteiger charge is -2.41. The van der Waals surface area contributed by atoms with E-state index in [1.807, 2.05) is 25.7 Å². The first-order chi connectivity index (χ1) is 13.5. The van der Waals surface area contributed by atoms with Crippen molar-refractivity contribution >= 4 is 29.5 Å². The number of Topliss-reactive ketones (excluding diaryl/α,β-unsaturated/α-hetero) is 1. The van der Waals surface area contributed by atoms with Crippen LogP contribution in [0, 0.1) is 5.41 Å². The van der Waals surface area contributed by atoms with Gasteiger partial charge < -0.3 is 9.64 Å². The number of imide groups is 1. The molecule has 0 spiro atoms. The van der Waals surface area contributed by atoms with Crippen LogP contribution in [0.5, 0.6) is 0 Å². The molecular formula is C20H29N3O6. The van der Waals surface area contributed by atoms with Crippen LogP contribution in [-0.4, -0.2) is 89.5 Å². The maximum atomic E-state index is 12.6. The number of carbonyl (C=O) groups excluding carboxylic acids is 5. The number of amides is 3. The van der Waals surface area contributed by atoms with Crippen LogP contribution >= 0.6 is 0 Å². The third-order valence-electron chi connectivity index (χ3n) is 5.07. The second-order valence-corrected chi connectivity index (χ2v) is 8.35. The molecule has 1 atom stereocenters. The lowest BCUT2D eigenvalue weighted by Crippen LogP contribution is -2.58. The van der Waals surface area contributed by atoms with E-state index in [-0.39, 0.29) is 43.8 Å². The summed E-state index contributed by atoms with van der Waals surface area (Å²) in [5, 5.41) is 0. The predicted octanol–water partition coefficient (Wildman–Crippen LogP) is -0.00740. The highest BCUT2D eigenvalue weighted by Crippen LogP contribution is 2.19. The van der Waals surface area contributed by atoms with Crippen molar-refractivity contribution in [1.82, 2.24) is 14.7 Å². The van der Waals surface area contributed by atoms with Crippen molar-refractivity contribution in [3.8, 4) is 0 Å². The summed E-state index contributed by atoms with van der Waals surface area (Å²) in [7, 11) is 0. The zero-order valence-electron chi connectivity index (χ0n) is 17.5. The van der Waals surface area contributed by atoms with Gasteiger partial charge in [0.05, 0.1) is 12.6 Å². The van der Waals surface area contributed by atoms with Gasteiger partial charge in [0.2, 0.25) is 5.91 Å². The van der Waals surface area contributed by atoms with E-state index < -0.39 is 23.2 Å². The van der Waals surface area contributed by atoms with Gasteiger partial charge in [0, 0.05) is 57.1 Å². The Labute approximate surface area is 170 Å². The van der Waals surface area contributed by atoms with Crippen molar-refractivity contribution in [2.24, 2.45) is 5.41 Å². The first-order valence-corrected chi connectivity index (χ1v) is 9.71. The maximum Gasteiger partial charge on any atom is 0.302 e. The summed E-state index contributed by atoms with van der Waals surface area (Å²) < 4.78 is 5.14. The number of hydrogen-bond acceptors (Lipinski definition) is 7. The first kappa shape index (κ1) is 22.7. The summed E-state index contributed by atoms with van der Waals surface area (Å²) in [5.41, 5.74) is -0.484. The summed E-state index contributed by atoms with van der Waals surface area (Å²) >= 11 is 0. The van der Waals surface area contributed by atoms with Gasteiger partial charge in [-0.1, -0.05) is 20.8 Å². The van der Waals surface area contributed by atoms with Crippen LogP contribution in [0.4, 0.5) is 0 Å². The summed E-state index contributed by atoms with van der Waals surface area (Å²) in [6.45, 7) is 8.42. The Balaban J connectivity index is 1.96. The quantitative estimate of drug-likeness (QED) is 0.432. The molecule has 9 heteroatoms. The number of hydrogen-bond donors (Lipinski definition) is 0. The second-order valence-electron chi connectivity index (χ2n) is 8.35. The van der Waals surface area contributed by atoms with Gasteiger partial charge in [0.1, 0.15) is 6.61 Å². The van der Waals surface area contributed by atoms with Crippen LogP contribution in [0.2, 0.25) is 0 Å². The summed E-state index contributed by atoms with van der Waals surface area (Å²) in [6, 6.07) is -0.292. The summed E-state index contributed by atoms with van der Waals surface area (Å²) in [5.74, 6) is -1.37. The van der Waals surface area contributed by atoms with Crippen molar-refractivity contribution in [3.63, 3.8) is 0 Å². The Hall–Kier alpha value is -2.55. The van der Waals surface area contributed by atoms with Crippen LogP contribution in [0.1, 0.15) is 34.1 Å². The SMILES string of the molecule is CC(=O)OCC1CN(C(=O)CCN2C(=O)C=CC2=O)CCN1CC(=O)C(C)(C)C. The molecule has 0 saturated carbocycles. The van der Waals surface area contributed by atoms with E-state index in [9.17, 15) is 24.0 Å². The fourth-order valence-electron chi connectivity index (χ4n) is 3.14. The van der Waals surface area contributed by atoms with E-state index in [1.165, 1.54) is 19.1 Å². The van der Waals surface area contributed by atoms with Crippen molar-refractivity contribution in [2.45, 2.75) is 40.2 Å². The number of rotatable bonds is 7. The molecule has 1 unspecified atom stereocenters. The van der Waals surface area contributed by atoms with Crippen molar-refractivity contribution in [2.75, 3.05) is 39.3 Å². The van der Waals surface area contributed by atoms with Crippen LogP contribution in [-0.2, 0) is 28.7 Å². The molecule has 2 heterocycles. The molecule has 3 amide bonds. The molecule has 0 aromatic rings. The van der Waals surface area contributed by atoms with Crippen LogP contribution < -0.4 is 0 Å². The molecule has 0 aliphatic carbocycles. The minimum atomic E-state index is -0.484. The van der Waals surface area contributed by atoms with Gasteiger partial charge in [-0.3, -0.25) is 33.8 Å². The van der Waals surface area contributed by atoms with E-state index >= 15 is 0 Å². The molecule has 2 aliphatic rings. The van der Waals surface area contributed by atoms with Crippen LogP contribution in [0.3, 0.4) is 0 Å². The third kappa shape index (κ3) is 6.22. The molecule has 0 aromatic heterocycles. The molecule has 2 aliphatic heterocycles. The highest BCUT2D eigenvalue weighted by molar-refractivity contribution is 6.13. The van der Waals surface area contributed by atoms with Crippen LogP contribution in [0.25, 0.3) is 0 Å². The van der Waals surface area contributed by atoms with Gasteiger partial charge in [0.15, 0.2) is 5.78 Å². The van der Waals surface area contributed by atoms with Crippen molar-refractivity contribution < 1.29 is 28.7 Å². The zero-order chi connectivity index (χ0) is 21.8. The lowest BCUT2D eigenvalue weighted by atomic mass is 9.90. The Bertz CT molecular complexity index is 706. The van der Waals surface area contributed by atoms with E-state index in [0.29, 0.717) is 19.6 Å². The lowest BCUT2D eigenvalue weighted by molar-refractivity contribution is -0.145. The van der Waals surface area contributed by atoms with Crippen molar-refractivity contribution in [1.29, 1.82) is 0 Å². The molecule has 29 heavy (non-hydrogen) atoms.